The van der Waals surface area contributed by atoms with Crippen molar-refractivity contribution >= 4 is 30.7 Å². The SMILES string of the molecule is O=Cc1cccc(C[C@@]2(NC(=O)c3cc(OC(=O)O)c(OC(=O)O)cc3OC(=O)O)CCCc3ccccc32)c1. The lowest BCUT2D eigenvalue weighted by Gasteiger charge is -2.40. The highest BCUT2D eigenvalue weighted by Gasteiger charge is 2.39. The van der Waals surface area contributed by atoms with E-state index in [1.165, 1.54) is 0 Å². The summed E-state index contributed by atoms with van der Waals surface area (Å²) < 4.78 is 13.8. The van der Waals surface area contributed by atoms with Gasteiger partial charge in [0.1, 0.15) is 6.29 Å². The van der Waals surface area contributed by atoms with E-state index in [0.29, 0.717) is 24.7 Å². The first-order chi connectivity index (χ1) is 19.1. The molecule has 0 spiro atoms. The molecule has 1 atom stereocenters. The van der Waals surface area contributed by atoms with Gasteiger partial charge in [-0.25, -0.2) is 14.4 Å². The second-order valence-electron chi connectivity index (χ2n) is 8.99. The fourth-order valence-electron chi connectivity index (χ4n) is 4.93. The molecule has 1 aliphatic carbocycles. The van der Waals surface area contributed by atoms with Gasteiger partial charge in [0.05, 0.1) is 11.1 Å². The number of carboxylic acid groups (broad SMARTS) is 3. The van der Waals surface area contributed by atoms with Crippen LogP contribution in [0, 0.1) is 0 Å². The molecule has 0 unspecified atom stereocenters. The van der Waals surface area contributed by atoms with Crippen LogP contribution in [0.2, 0.25) is 0 Å². The summed E-state index contributed by atoms with van der Waals surface area (Å²) in [6, 6.07) is 16.0. The Morgan fingerprint density at radius 2 is 1.48 bits per heavy atom. The van der Waals surface area contributed by atoms with Crippen molar-refractivity contribution in [3.63, 3.8) is 0 Å². The molecule has 4 rings (SSSR count). The van der Waals surface area contributed by atoms with Gasteiger partial charge in [-0.2, -0.15) is 0 Å². The van der Waals surface area contributed by atoms with Gasteiger partial charge in [-0.05, 0) is 48.4 Å². The summed E-state index contributed by atoms with van der Waals surface area (Å²) in [5.41, 5.74) is 1.55. The standard InChI is InChI=1S/C28H23NO11/c30-15-17-6-3-5-16(11-17)14-28(10-4-8-18-7-1-2-9-20(18)28)29-24(31)19-12-22(39-26(34)35)23(40-27(36)37)13-21(19)38-25(32)33/h1-3,5-7,9,11-13,15H,4,8,10,14H2,(H,29,31)(H,32,33)(H,34,35)(H,36,37)/t28-/m0/s1. The minimum Gasteiger partial charge on any atom is -0.449 e. The van der Waals surface area contributed by atoms with Crippen molar-refractivity contribution in [1.82, 2.24) is 5.32 Å². The molecule has 12 heteroatoms. The maximum atomic E-state index is 13.8. The smallest absolute Gasteiger partial charge is 0.449 e. The van der Waals surface area contributed by atoms with E-state index in [9.17, 15) is 29.1 Å². The highest BCUT2D eigenvalue weighted by molar-refractivity contribution is 5.99. The Bertz CT molecular complexity index is 1500. The van der Waals surface area contributed by atoms with Crippen molar-refractivity contribution in [2.24, 2.45) is 0 Å². The maximum absolute atomic E-state index is 13.8. The lowest BCUT2D eigenvalue weighted by Crippen LogP contribution is -2.49. The molecule has 0 fully saturated rings. The molecule has 0 aromatic heterocycles. The second-order valence-corrected chi connectivity index (χ2v) is 8.99. The van der Waals surface area contributed by atoms with Crippen LogP contribution in [0.25, 0.3) is 0 Å². The topological polar surface area (TPSA) is 186 Å². The molecular formula is C28H23NO11. The fourth-order valence-corrected chi connectivity index (χ4v) is 4.93. The molecule has 0 heterocycles. The quantitative estimate of drug-likeness (QED) is 0.170. The normalized spacial score (nSPS) is 15.7. The molecule has 1 aliphatic rings. The molecular weight excluding hydrogens is 526 g/mol. The second kappa shape index (κ2) is 11.6. The average Bonchev–Trinajstić information content (AvgIpc) is 2.89. The Kier molecular flexibility index (Phi) is 7.99. The van der Waals surface area contributed by atoms with Gasteiger partial charge in [-0.1, -0.05) is 42.5 Å². The highest BCUT2D eigenvalue weighted by Crippen LogP contribution is 2.40. The summed E-state index contributed by atoms with van der Waals surface area (Å²) in [6.07, 6.45) is -2.57. The van der Waals surface area contributed by atoms with Gasteiger partial charge in [0.25, 0.3) is 5.91 Å². The lowest BCUT2D eigenvalue weighted by atomic mass is 9.73. The number of ether oxygens (including phenoxy) is 3. The minimum absolute atomic E-state index is 0.269. The number of aryl methyl sites for hydroxylation is 1. The third-order valence-electron chi connectivity index (χ3n) is 6.41. The van der Waals surface area contributed by atoms with Crippen LogP contribution in [0.3, 0.4) is 0 Å². The molecule has 206 valence electrons. The van der Waals surface area contributed by atoms with E-state index in [1.54, 1.807) is 18.2 Å². The van der Waals surface area contributed by atoms with Gasteiger partial charge in [0, 0.05) is 17.7 Å². The van der Waals surface area contributed by atoms with Gasteiger partial charge in [-0.3, -0.25) is 9.59 Å². The van der Waals surface area contributed by atoms with E-state index in [2.05, 4.69) is 14.8 Å². The van der Waals surface area contributed by atoms with E-state index in [1.807, 2.05) is 30.3 Å². The van der Waals surface area contributed by atoms with Crippen molar-refractivity contribution in [3.05, 3.63) is 88.5 Å². The largest absolute Gasteiger partial charge is 0.511 e. The number of rotatable bonds is 8. The summed E-state index contributed by atoms with van der Waals surface area (Å²) in [5.74, 6) is -2.83. The monoisotopic (exact) mass is 549 g/mol. The van der Waals surface area contributed by atoms with Crippen LogP contribution in [-0.4, -0.2) is 46.0 Å². The van der Waals surface area contributed by atoms with Crippen molar-refractivity contribution < 1.29 is 53.5 Å². The maximum Gasteiger partial charge on any atom is 0.511 e. The van der Waals surface area contributed by atoms with Crippen LogP contribution >= 0.6 is 0 Å². The predicted octanol–water partition coefficient (Wildman–Crippen LogP) is 4.87. The van der Waals surface area contributed by atoms with E-state index in [4.69, 9.17) is 14.9 Å². The minimum atomic E-state index is -1.84. The summed E-state index contributed by atoms with van der Waals surface area (Å²) in [5, 5.41) is 30.4. The van der Waals surface area contributed by atoms with E-state index >= 15 is 0 Å². The van der Waals surface area contributed by atoms with Crippen molar-refractivity contribution in [1.29, 1.82) is 0 Å². The zero-order valence-corrected chi connectivity index (χ0v) is 20.8. The first-order valence-electron chi connectivity index (χ1n) is 12.0. The van der Waals surface area contributed by atoms with Crippen LogP contribution in [-0.2, 0) is 18.4 Å². The lowest BCUT2D eigenvalue weighted by molar-refractivity contribution is 0.0877. The first-order valence-corrected chi connectivity index (χ1v) is 12.0. The van der Waals surface area contributed by atoms with Crippen LogP contribution in [0.1, 0.15) is 50.2 Å². The molecule has 0 bridgehead atoms. The number of fused-ring (bicyclic) bond motifs is 1. The summed E-state index contributed by atoms with van der Waals surface area (Å²) >= 11 is 0. The number of carbonyl (C=O) groups is 5. The van der Waals surface area contributed by atoms with E-state index < -0.39 is 52.7 Å². The fraction of sp³-hybridized carbons (Fsp3) is 0.179. The summed E-state index contributed by atoms with van der Waals surface area (Å²) in [6.45, 7) is 0. The number of benzene rings is 3. The van der Waals surface area contributed by atoms with Gasteiger partial charge in [0.15, 0.2) is 17.2 Å². The van der Waals surface area contributed by atoms with Crippen molar-refractivity contribution in [2.75, 3.05) is 0 Å². The zero-order valence-electron chi connectivity index (χ0n) is 20.8. The van der Waals surface area contributed by atoms with E-state index in [-0.39, 0.29) is 6.42 Å². The first kappa shape index (κ1) is 27.6. The molecule has 3 aromatic rings. The molecule has 4 N–H and O–H groups in total. The van der Waals surface area contributed by atoms with E-state index in [0.717, 1.165) is 35.2 Å². The number of hydrogen-bond acceptors (Lipinski definition) is 8. The highest BCUT2D eigenvalue weighted by atomic mass is 16.7. The molecule has 1 amide bonds. The van der Waals surface area contributed by atoms with Crippen LogP contribution in [0.15, 0.2) is 60.7 Å². The molecule has 0 saturated heterocycles. The van der Waals surface area contributed by atoms with Gasteiger partial charge < -0.3 is 34.8 Å². The van der Waals surface area contributed by atoms with Crippen LogP contribution in [0.4, 0.5) is 14.4 Å². The van der Waals surface area contributed by atoms with Gasteiger partial charge in [-0.15, -0.1) is 0 Å². The Morgan fingerprint density at radius 3 is 2.15 bits per heavy atom. The Balaban J connectivity index is 1.83. The van der Waals surface area contributed by atoms with Gasteiger partial charge >= 0.3 is 18.5 Å². The number of carbonyl (C=O) groups excluding carboxylic acids is 2. The number of nitrogens with one attached hydrogen (secondary N) is 1. The Morgan fingerprint density at radius 1 is 0.825 bits per heavy atom. The molecule has 0 radical (unpaired) electrons. The third kappa shape index (κ3) is 6.18. The number of aldehydes is 1. The van der Waals surface area contributed by atoms with Crippen LogP contribution in [0.5, 0.6) is 17.2 Å². The number of hydrogen-bond donors (Lipinski definition) is 4. The molecule has 0 saturated carbocycles. The van der Waals surface area contributed by atoms with Crippen molar-refractivity contribution in [3.8, 4) is 17.2 Å². The molecule has 12 nitrogen and oxygen atoms in total. The summed E-state index contributed by atoms with van der Waals surface area (Å²) in [7, 11) is 0. The molecule has 3 aromatic carbocycles. The molecule has 40 heavy (non-hydrogen) atoms. The summed E-state index contributed by atoms with van der Waals surface area (Å²) in [4.78, 5) is 58.9. The third-order valence-corrected chi connectivity index (χ3v) is 6.41. The van der Waals surface area contributed by atoms with Crippen molar-refractivity contribution in [2.45, 2.75) is 31.2 Å². The molecule has 0 aliphatic heterocycles. The zero-order chi connectivity index (χ0) is 28.9. The Labute approximate surface area is 226 Å². The average molecular weight is 549 g/mol. The predicted molar refractivity (Wildman–Crippen MR) is 136 cm³/mol. The Hall–Kier alpha value is -5.39. The van der Waals surface area contributed by atoms with Crippen LogP contribution < -0.4 is 19.5 Å². The number of amides is 1. The van der Waals surface area contributed by atoms with Gasteiger partial charge in [0.2, 0.25) is 0 Å².